The molecule has 0 amide bonds. The topological polar surface area (TPSA) is 0 Å². The summed E-state index contributed by atoms with van der Waals surface area (Å²) >= 11 is 0. The standard InChI is InChI=1S/C15H26/c1-2-3-4-5-6-7-8-9-12-15-13-10-11-14-15/h10-11,13H,2-9,12,14H2,1H3. The van der Waals surface area contributed by atoms with Crippen LogP contribution in [0, 0.1) is 0 Å². The van der Waals surface area contributed by atoms with E-state index in [0.717, 1.165) is 0 Å². The van der Waals surface area contributed by atoms with Gasteiger partial charge in [-0.1, -0.05) is 75.7 Å². The Morgan fingerprint density at radius 2 is 1.60 bits per heavy atom. The monoisotopic (exact) mass is 206 g/mol. The van der Waals surface area contributed by atoms with Crippen molar-refractivity contribution in [3.63, 3.8) is 0 Å². The highest BCUT2D eigenvalue weighted by Crippen LogP contribution is 2.18. The van der Waals surface area contributed by atoms with E-state index in [0.29, 0.717) is 0 Å². The van der Waals surface area contributed by atoms with Crippen LogP contribution in [0.25, 0.3) is 0 Å². The molecule has 0 nitrogen and oxygen atoms in total. The molecular formula is C15H26. The maximum absolute atomic E-state index is 2.29. The van der Waals surface area contributed by atoms with Crippen LogP contribution in [-0.2, 0) is 0 Å². The minimum atomic E-state index is 1.22. The first kappa shape index (κ1) is 12.5. The zero-order valence-electron chi connectivity index (χ0n) is 10.3. The molecule has 0 heteroatoms. The predicted molar refractivity (Wildman–Crippen MR) is 69.1 cm³/mol. The average Bonchev–Trinajstić information content (AvgIpc) is 2.75. The van der Waals surface area contributed by atoms with Crippen LogP contribution in [0.15, 0.2) is 23.8 Å². The Labute approximate surface area is 95.5 Å². The summed E-state index contributed by atoms with van der Waals surface area (Å²) in [5, 5.41) is 0. The Morgan fingerprint density at radius 1 is 0.933 bits per heavy atom. The van der Waals surface area contributed by atoms with Crippen LogP contribution in [0.2, 0.25) is 0 Å². The van der Waals surface area contributed by atoms with Gasteiger partial charge in [0.05, 0.1) is 0 Å². The highest BCUT2D eigenvalue weighted by Gasteiger charge is 1.98. The van der Waals surface area contributed by atoms with Crippen LogP contribution in [0.4, 0.5) is 0 Å². The lowest BCUT2D eigenvalue weighted by atomic mass is 10.0. The average molecular weight is 206 g/mol. The van der Waals surface area contributed by atoms with Crippen LogP contribution < -0.4 is 0 Å². The number of allylic oxidation sites excluding steroid dienone is 4. The van der Waals surface area contributed by atoms with Crippen LogP contribution in [0.3, 0.4) is 0 Å². The van der Waals surface area contributed by atoms with E-state index in [1.807, 2.05) is 0 Å². The third-order valence-electron chi connectivity index (χ3n) is 3.20. The zero-order chi connectivity index (χ0) is 10.8. The Bertz CT molecular complexity index is 198. The molecule has 0 unspecified atom stereocenters. The van der Waals surface area contributed by atoms with Gasteiger partial charge in [0.15, 0.2) is 0 Å². The van der Waals surface area contributed by atoms with Crippen molar-refractivity contribution in [1.29, 1.82) is 0 Å². The molecule has 0 spiro atoms. The molecule has 0 saturated heterocycles. The third-order valence-corrected chi connectivity index (χ3v) is 3.20. The molecule has 0 aromatic heterocycles. The van der Waals surface area contributed by atoms with Crippen LogP contribution in [0.5, 0.6) is 0 Å². The SMILES string of the molecule is CCCCCCCCCCC1=CC=CC1. The fourth-order valence-electron chi connectivity index (χ4n) is 2.16. The van der Waals surface area contributed by atoms with Gasteiger partial charge in [-0.05, 0) is 19.3 Å². The first-order valence-corrected chi connectivity index (χ1v) is 6.78. The van der Waals surface area contributed by atoms with Crippen molar-refractivity contribution in [3.05, 3.63) is 23.8 Å². The molecule has 1 rings (SSSR count). The van der Waals surface area contributed by atoms with Gasteiger partial charge in [0.1, 0.15) is 0 Å². The summed E-state index contributed by atoms with van der Waals surface area (Å²) in [7, 11) is 0. The third kappa shape index (κ3) is 6.54. The Kier molecular flexibility index (Phi) is 7.33. The molecule has 0 N–H and O–H groups in total. The number of rotatable bonds is 9. The van der Waals surface area contributed by atoms with Gasteiger partial charge in [0, 0.05) is 0 Å². The molecule has 0 aromatic carbocycles. The Balaban J connectivity index is 1.77. The van der Waals surface area contributed by atoms with E-state index >= 15 is 0 Å². The summed E-state index contributed by atoms with van der Waals surface area (Å²) in [6.45, 7) is 2.28. The maximum atomic E-state index is 2.29. The second-order valence-electron chi connectivity index (χ2n) is 4.68. The molecule has 1 aliphatic rings. The molecule has 0 aliphatic heterocycles. The lowest BCUT2D eigenvalue weighted by Crippen LogP contribution is -1.83. The van der Waals surface area contributed by atoms with Gasteiger partial charge in [0.25, 0.3) is 0 Å². The quantitative estimate of drug-likeness (QED) is 0.443. The van der Waals surface area contributed by atoms with Crippen LogP contribution in [0.1, 0.15) is 71.1 Å². The molecule has 1 aliphatic carbocycles. The Morgan fingerprint density at radius 3 is 2.20 bits per heavy atom. The summed E-state index contributed by atoms with van der Waals surface area (Å²) in [6, 6.07) is 0. The summed E-state index contributed by atoms with van der Waals surface area (Å²) in [6.07, 6.45) is 20.7. The van der Waals surface area contributed by atoms with Gasteiger partial charge >= 0.3 is 0 Å². The molecule has 0 aromatic rings. The summed E-state index contributed by atoms with van der Waals surface area (Å²) in [5.41, 5.74) is 1.64. The number of hydrogen-bond acceptors (Lipinski definition) is 0. The molecule has 0 radical (unpaired) electrons. The predicted octanol–water partition coefficient (Wildman–Crippen LogP) is 5.40. The number of hydrogen-bond donors (Lipinski definition) is 0. The highest BCUT2D eigenvalue weighted by molar-refractivity contribution is 5.22. The van der Waals surface area contributed by atoms with Crippen molar-refractivity contribution in [1.82, 2.24) is 0 Å². The second kappa shape index (κ2) is 8.76. The number of unbranched alkanes of at least 4 members (excludes halogenated alkanes) is 7. The molecule has 0 saturated carbocycles. The first-order valence-electron chi connectivity index (χ1n) is 6.78. The minimum absolute atomic E-state index is 1.22. The van der Waals surface area contributed by atoms with Crippen molar-refractivity contribution < 1.29 is 0 Å². The van der Waals surface area contributed by atoms with Crippen molar-refractivity contribution in [2.45, 2.75) is 71.1 Å². The lowest BCUT2D eigenvalue weighted by Gasteiger charge is -2.02. The largest absolute Gasteiger partial charge is 0.0805 e. The van der Waals surface area contributed by atoms with E-state index in [-0.39, 0.29) is 0 Å². The van der Waals surface area contributed by atoms with Crippen molar-refractivity contribution >= 4 is 0 Å². The van der Waals surface area contributed by atoms with Crippen molar-refractivity contribution in [2.75, 3.05) is 0 Å². The van der Waals surface area contributed by atoms with E-state index in [1.165, 1.54) is 64.2 Å². The van der Waals surface area contributed by atoms with Gasteiger partial charge in [-0.25, -0.2) is 0 Å². The van der Waals surface area contributed by atoms with Gasteiger partial charge in [-0.3, -0.25) is 0 Å². The zero-order valence-corrected chi connectivity index (χ0v) is 10.3. The highest BCUT2D eigenvalue weighted by atomic mass is 14.0. The fourth-order valence-corrected chi connectivity index (χ4v) is 2.16. The van der Waals surface area contributed by atoms with E-state index in [4.69, 9.17) is 0 Å². The summed E-state index contributed by atoms with van der Waals surface area (Å²) < 4.78 is 0. The van der Waals surface area contributed by atoms with E-state index in [1.54, 1.807) is 5.57 Å². The fraction of sp³-hybridized carbons (Fsp3) is 0.733. The van der Waals surface area contributed by atoms with Crippen LogP contribution in [-0.4, -0.2) is 0 Å². The van der Waals surface area contributed by atoms with Gasteiger partial charge in [0.2, 0.25) is 0 Å². The second-order valence-corrected chi connectivity index (χ2v) is 4.68. The normalized spacial score (nSPS) is 14.6. The van der Waals surface area contributed by atoms with Gasteiger partial charge in [-0.2, -0.15) is 0 Å². The molecular weight excluding hydrogens is 180 g/mol. The minimum Gasteiger partial charge on any atom is -0.0805 e. The molecule has 0 heterocycles. The molecule has 15 heavy (non-hydrogen) atoms. The van der Waals surface area contributed by atoms with Gasteiger partial charge < -0.3 is 0 Å². The van der Waals surface area contributed by atoms with Crippen molar-refractivity contribution in [2.24, 2.45) is 0 Å². The molecule has 0 atom stereocenters. The lowest BCUT2D eigenvalue weighted by molar-refractivity contribution is 0.574. The van der Waals surface area contributed by atoms with E-state index in [9.17, 15) is 0 Å². The first-order chi connectivity index (χ1) is 7.43. The summed E-state index contributed by atoms with van der Waals surface area (Å²) in [4.78, 5) is 0. The van der Waals surface area contributed by atoms with Gasteiger partial charge in [-0.15, -0.1) is 0 Å². The molecule has 0 fully saturated rings. The maximum Gasteiger partial charge on any atom is -0.0133 e. The molecule has 0 bridgehead atoms. The molecule has 86 valence electrons. The van der Waals surface area contributed by atoms with Crippen LogP contribution >= 0.6 is 0 Å². The van der Waals surface area contributed by atoms with Crippen molar-refractivity contribution in [3.8, 4) is 0 Å². The van der Waals surface area contributed by atoms with E-state index in [2.05, 4.69) is 25.2 Å². The Hall–Kier alpha value is -0.520. The summed E-state index contributed by atoms with van der Waals surface area (Å²) in [5.74, 6) is 0. The van der Waals surface area contributed by atoms with E-state index < -0.39 is 0 Å². The smallest absolute Gasteiger partial charge is 0.0133 e.